The van der Waals surface area contributed by atoms with Crippen LogP contribution in [-0.2, 0) is 7.05 Å². The molecule has 0 aliphatic rings. The lowest BCUT2D eigenvalue weighted by atomic mass is 9.93. The van der Waals surface area contributed by atoms with Crippen molar-refractivity contribution < 1.29 is 18.8 Å². The topological polar surface area (TPSA) is 128 Å². The Labute approximate surface area is 197 Å². The molecule has 2 N–H and O–H groups in total. The number of benzene rings is 1. The molecule has 0 aliphatic carbocycles. The first-order chi connectivity index (χ1) is 16.2. The number of carbonyl (C=O) groups excluding carboxylic acids is 1. The number of hydrogen-bond acceptors (Lipinski definition) is 7. The van der Waals surface area contributed by atoms with E-state index in [0.29, 0.717) is 10.6 Å². The second kappa shape index (κ2) is 9.10. The van der Waals surface area contributed by atoms with Crippen LogP contribution in [0.1, 0.15) is 46.3 Å². The molecule has 0 saturated carbocycles. The van der Waals surface area contributed by atoms with Gasteiger partial charge in [-0.1, -0.05) is 23.7 Å². The second-order valence-corrected chi connectivity index (χ2v) is 8.20. The average molecular weight is 487 g/mol. The summed E-state index contributed by atoms with van der Waals surface area (Å²) in [4.78, 5) is 29.9. The summed E-state index contributed by atoms with van der Waals surface area (Å²) in [6.07, 6.45) is 5.82. The van der Waals surface area contributed by atoms with E-state index in [0.717, 1.165) is 10.1 Å². The van der Waals surface area contributed by atoms with Gasteiger partial charge in [-0.15, -0.1) is 0 Å². The first kappa shape index (κ1) is 23.2. The number of halogens is 2. The van der Waals surface area contributed by atoms with Gasteiger partial charge >= 0.3 is 0 Å². The third-order valence-electron chi connectivity index (χ3n) is 5.38. The molecule has 12 heteroatoms. The molecule has 1 aromatic carbocycles. The zero-order valence-corrected chi connectivity index (χ0v) is 19.1. The van der Waals surface area contributed by atoms with Crippen LogP contribution in [0.4, 0.5) is 10.1 Å². The smallest absolute Gasteiger partial charge is 0.296 e. The molecule has 0 saturated heterocycles. The van der Waals surface area contributed by atoms with Gasteiger partial charge in [-0.3, -0.25) is 18.8 Å². The maximum atomic E-state index is 14.2. The van der Waals surface area contributed by atoms with E-state index in [1.165, 1.54) is 37.7 Å². The Kier molecular flexibility index (Phi) is 6.20. The number of aryl methyl sites for hydroxylation is 1. The zero-order chi connectivity index (χ0) is 24.6. The zero-order valence-electron chi connectivity index (χ0n) is 18.4. The van der Waals surface area contributed by atoms with Gasteiger partial charge in [0.25, 0.3) is 11.5 Å². The Balaban J connectivity index is 1.85. The molecule has 3 heterocycles. The van der Waals surface area contributed by atoms with Gasteiger partial charge in [-0.25, -0.2) is 9.37 Å². The highest BCUT2D eigenvalue weighted by molar-refractivity contribution is 6.31. The minimum Gasteiger partial charge on any atom is -0.501 e. The van der Waals surface area contributed by atoms with E-state index >= 15 is 0 Å². The summed E-state index contributed by atoms with van der Waals surface area (Å²) in [6, 6.07) is 3.28. The van der Waals surface area contributed by atoms with Gasteiger partial charge < -0.3 is 14.9 Å². The van der Waals surface area contributed by atoms with Crippen LogP contribution in [0, 0.1) is 12.7 Å². The third-order valence-corrected chi connectivity index (χ3v) is 5.72. The van der Waals surface area contributed by atoms with Gasteiger partial charge in [0.05, 0.1) is 18.4 Å². The molecule has 0 spiro atoms. The monoisotopic (exact) mass is 486 g/mol. The van der Waals surface area contributed by atoms with Crippen molar-refractivity contribution >= 4 is 23.2 Å². The lowest BCUT2D eigenvalue weighted by molar-refractivity contribution is 0.101. The number of nitrogens with zero attached hydrogens (tertiary/aromatic N) is 5. The summed E-state index contributed by atoms with van der Waals surface area (Å²) < 4.78 is 21.6. The Morgan fingerprint density at radius 1 is 1.32 bits per heavy atom. The van der Waals surface area contributed by atoms with E-state index in [9.17, 15) is 19.1 Å². The highest BCUT2D eigenvalue weighted by atomic mass is 35.5. The lowest BCUT2D eigenvalue weighted by Crippen LogP contribution is -2.30. The highest BCUT2D eigenvalue weighted by Gasteiger charge is 2.31. The maximum absolute atomic E-state index is 14.2. The number of amides is 1. The van der Waals surface area contributed by atoms with E-state index in [1.807, 2.05) is 6.92 Å². The summed E-state index contributed by atoms with van der Waals surface area (Å²) in [5.41, 5.74) is 0.180. The first-order valence-electron chi connectivity index (χ1n) is 10.1. The molecule has 0 radical (unpaired) electrons. The largest absolute Gasteiger partial charge is 0.501 e. The Morgan fingerprint density at radius 3 is 2.74 bits per heavy atom. The van der Waals surface area contributed by atoms with Gasteiger partial charge in [-0.2, -0.15) is 5.10 Å². The fourth-order valence-corrected chi connectivity index (χ4v) is 3.97. The SMILES string of the molecule is Cc1cnn([C@@H](c2cc(F)ccc2Cl)[C@@H](C)c2nc(C(=O)Nc3cnoc3)c(O)c(=O)n2C)c1. The number of carbonyl (C=O) groups is 1. The highest BCUT2D eigenvalue weighted by Crippen LogP contribution is 2.37. The molecule has 0 unspecified atom stereocenters. The number of aromatic hydroxyl groups is 1. The number of nitrogens with one attached hydrogen (secondary N) is 1. The van der Waals surface area contributed by atoms with Crippen molar-refractivity contribution in [2.24, 2.45) is 7.05 Å². The van der Waals surface area contributed by atoms with Gasteiger partial charge in [-0.05, 0) is 36.2 Å². The summed E-state index contributed by atoms with van der Waals surface area (Å²) in [5, 5.41) is 20.9. The van der Waals surface area contributed by atoms with E-state index in [4.69, 9.17) is 11.6 Å². The molecule has 0 aliphatic heterocycles. The van der Waals surface area contributed by atoms with Crippen molar-refractivity contribution in [1.29, 1.82) is 0 Å². The van der Waals surface area contributed by atoms with E-state index in [2.05, 4.69) is 25.1 Å². The van der Waals surface area contributed by atoms with E-state index in [1.54, 1.807) is 24.0 Å². The molecule has 0 fully saturated rings. The number of hydrogen-bond donors (Lipinski definition) is 2. The Hall–Kier alpha value is -3.99. The molecule has 10 nitrogen and oxygen atoms in total. The molecule has 3 aromatic heterocycles. The molecule has 176 valence electrons. The third kappa shape index (κ3) is 4.29. The van der Waals surface area contributed by atoms with Crippen molar-refractivity contribution in [3.8, 4) is 5.75 Å². The van der Waals surface area contributed by atoms with Crippen molar-refractivity contribution in [2.45, 2.75) is 25.8 Å². The predicted octanol–water partition coefficient (Wildman–Crippen LogP) is 3.42. The molecule has 4 aromatic rings. The predicted molar refractivity (Wildman–Crippen MR) is 121 cm³/mol. The minimum atomic E-state index is -0.831. The summed E-state index contributed by atoms with van der Waals surface area (Å²) in [5.74, 6) is -2.64. The summed E-state index contributed by atoms with van der Waals surface area (Å²) in [6.45, 7) is 3.59. The molecular formula is C22H20ClFN6O4. The minimum absolute atomic E-state index is 0.150. The number of rotatable bonds is 6. The number of aromatic nitrogens is 5. The number of anilines is 1. The van der Waals surface area contributed by atoms with Gasteiger partial charge in [0, 0.05) is 24.2 Å². The van der Waals surface area contributed by atoms with Crippen LogP contribution < -0.4 is 10.9 Å². The van der Waals surface area contributed by atoms with Gasteiger partial charge in [0.2, 0.25) is 5.75 Å². The molecule has 4 rings (SSSR count). The van der Waals surface area contributed by atoms with Crippen molar-refractivity contribution in [3.05, 3.63) is 86.9 Å². The fourth-order valence-electron chi connectivity index (χ4n) is 3.74. The van der Waals surface area contributed by atoms with E-state index in [-0.39, 0.29) is 11.5 Å². The summed E-state index contributed by atoms with van der Waals surface area (Å²) >= 11 is 6.42. The molecular weight excluding hydrogens is 467 g/mol. The van der Waals surface area contributed by atoms with Crippen LogP contribution in [-0.4, -0.2) is 35.5 Å². The molecule has 1 amide bonds. The molecule has 34 heavy (non-hydrogen) atoms. The van der Waals surface area contributed by atoms with Crippen LogP contribution >= 0.6 is 11.6 Å². The van der Waals surface area contributed by atoms with Crippen LogP contribution in [0.5, 0.6) is 5.75 Å². The van der Waals surface area contributed by atoms with Crippen LogP contribution in [0.15, 0.2) is 52.4 Å². The van der Waals surface area contributed by atoms with E-state index < -0.39 is 40.7 Å². The maximum Gasteiger partial charge on any atom is 0.296 e. The molecule has 2 atom stereocenters. The van der Waals surface area contributed by atoms with Gasteiger partial charge in [0.15, 0.2) is 5.69 Å². The van der Waals surface area contributed by atoms with Crippen molar-refractivity contribution in [3.63, 3.8) is 0 Å². The second-order valence-electron chi connectivity index (χ2n) is 7.80. The van der Waals surface area contributed by atoms with Crippen molar-refractivity contribution in [2.75, 3.05) is 5.32 Å². The molecule has 0 bridgehead atoms. The standard InChI is InChI=1S/C22H20ClFN6O4/c1-11-7-25-30(9-11)18(15-6-13(24)4-5-16(15)23)12(2)20-28-17(19(31)22(33)29(20)3)21(32)27-14-8-26-34-10-14/h4-10,12,18,31H,1-3H3,(H,27,32)/t12-,18-/m1/s1. The van der Waals surface area contributed by atoms with Crippen LogP contribution in [0.3, 0.4) is 0 Å². The van der Waals surface area contributed by atoms with Gasteiger partial charge in [0.1, 0.15) is 23.6 Å². The Bertz CT molecular complexity index is 1420. The average Bonchev–Trinajstić information content (AvgIpc) is 3.46. The van der Waals surface area contributed by atoms with Crippen LogP contribution in [0.2, 0.25) is 5.02 Å². The normalized spacial score (nSPS) is 13.0. The first-order valence-corrected chi connectivity index (χ1v) is 10.5. The lowest BCUT2D eigenvalue weighted by Gasteiger charge is -2.27. The quantitative estimate of drug-likeness (QED) is 0.427. The summed E-state index contributed by atoms with van der Waals surface area (Å²) in [7, 11) is 1.42. The Morgan fingerprint density at radius 2 is 2.09 bits per heavy atom. The fraction of sp³-hybridized carbons (Fsp3) is 0.227. The van der Waals surface area contributed by atoms with Crippen LogP contribution in [0.25, 0.3) is 0 Å². The van der Waals surface area contributed by atoms with Crippen molar-refractivity contribution in [1.82, 2.24) is 24.5 Å².